The predicted octanol–water partition coefficient (Wildman–Crippen LogP) is 4.04. The zero-order valence-corrected chi connectivity index (χ0v) is 15.8. The Morgan fingerprint density at radius 1 is 1.26 bits per heavy atom. The lowest BCUT2D eigenvalue weighted by Gasteiger charge is -2.37. The van der Waals surface area contributed by atoms with Gasteiger partial charge in [-0.3, -0.25) is 9.69 Å². The summed E-state index contributed by atoms with van der Waals surface area (Å²) in [5.41, 5.74) is 3.57. The number of rotatable bonds is 6. The van der Waals surface area contributed by atoms with Gasteiger partial charge in [0, 0.05) is 26.2 Å². The maximum Gasteiger partial charge on any atom is 0.224 e. The number of piperidine rings is 1. The highest BCUT2D eigenvalue weighted by Gasteiger charge is 2.32. The van der Waals surface area contributed by atoms with Crippen LogP contribution < -0.4 is 5.32 Å². The van der Waals surface area contributed by atoms with Crippen molar-refractivity contribution in [3.8, 4) is 0 Å². The fourth-order valence-electron chi connectivity index (χ4n) is 3.84. The highest BCUT2D eigenvalue weighted by molar-refractivity contribution is 5.79. The molecule has 2 atom stereocenters. The predicted molar refractivity (Wildman–Crippen MR) is 107 cm³/mol. The number of hydrogen-bond acceptors (Lipinski definition) is 2. The van der Waals surface area contributed by atoms with Crippen molar-refractivity contribution in [2.75, 3.05) is 19.6 Å². The minimum Gasteiger partial charge on any atom is -0.352 e. The standard InChI is InChI=1S/C23H27FN2O/c1-3-11-25-23(27)21-13-20(19-6-4-5-17(2)12-19)15-26(16-21)14-18-7-9-22(24)10-8-18/h3-10,12,20-21H,1,11,13-16H2,2H3,(H,25,27)/t20-,21+/m0/s1. The summed E-state index contributed by atoms with van der Waals surface area (Å²) in [6, 6.07) is 15.2. The topological polar surface area (TPSA) is 32.3 Å². The van der Waals surface area contributed by atoms with E-state index in [1.54, 1.807) is 6.08 Å². The Morgan fingerprint density at radius 3 is 2.74 bits per heavy atom. The van der Waals surface area contributed by atoms with Gasteiger partial charge in [-0.1, -0.05) is 48.0 Å². The summed E-state index contributed by atoms with van der Waals surface area (Å²) in [6.07, 6.45) is 2.54. The smallest absolute Gasteiger partial charge is 0.224 e. The Labute approximate surface area is 160 Å². The largest absolute Gasteiger partial charge is 0.352 e. The molecule has 0 bridgehead atoms. The van der Waals surface area contributed by atoms with Crippen LogP contribution in [0, 0.1) is 18.7 Å². The molecule has 0 aromatic heterocycles. The quantitative estimate of drug-likeness (QED) is 0.783. The summed E-state index contributed by atoms with van der Waals surface area (Å²) in [6.45, 7) is 8.58. The molecule has 4 heteroatoms. The molecule has 1 saturated heterocycles. The van der Waals surface area contributed by atoms with Gasteiger partial charge in [-0.2, -0.15) is 0 Å². The van der Waals surface area contributed by atoms with Crippen LogP contribution >= 0.6 is 0 Å². The van der Waals surface area contributed by atoms with Crippen LogP contribution in [0.25, 0.3) is 0 Å². The number of benzene rings is 2. The van der Waals surface area contributed by atoms with Crippen molar-refractivity contribution in [1.82, 2.24) is 10.2 Å². The molecule has 1 aliphatic rings. The third-order valence-electron chi connectivity index (χ3n) is 5.15. The van der Waals surface area contributed by atoms with E-state index in [9.17, 15) is 9.18 Å². The Kier molecular flexibility index (Phi) is 6.40. The molecule has 1 amide bonds. The second kappa shape index (κ2) is 8.96. The van der Waals surface area contributed by atoms with Crippen LogP contribution in [0.5, 0.6) is 0 Å². The van der Waals surface area contributed by atoms with E-state index in [0.29, 0.717) is 25.6 Å². The van der Waals surface area contributed by atoms with Gasteiger partial charge in [0.25, 0.3) is 0 Å². The number of amides is 1. The molecule has 1 heterocycles. The monoisotopic (exact) mass is 366 g/mol. The first-order chi connectivity index (χ1) is 13.0. The molecule has 1 fully saturated rings. The van der Waals surface area contributed by atoms with Crippen LogP contribution in [0.3, 0.4) is 0 Å². The summed E-state index contributed by atoms with van der Waals surface area (Å²) in [7, 11) is 0. The molecule has 27 heavy (non-hydrogen) atoms. The maximum absolute atomic E-state index is 13.2. The Bertz CT molecular complexity index is 787. The number of nitrogens with one attached hydrogen (secondary N) is 1. The molecule has 2 aromatic carbocycles. The second-order valence-corrected chi connectivity index (χ2v) is 7.40. The van der Waals surface area contributed by atoms with Crippen LogP contribution in [0.2, 0.25) is 0 Å². The fourth-order valence-corrected chi connectivity index (χ4v) is 3.84. The van der Waals surface area contributed by atoms with E-state index in [1.807, 2.05) is 12.1 Å². The number of carbonyl (C=O) groups excluding carboxylic acids is 1. The van der Waals surface area contributed by atoms with Gasteiger partial charge in [-0.25, -0.2) is 4.39 Å². The van der Waals surface area contributed by atoms with Gasteiger partial charge in [-0.05, 0) is 42.5 Å². The average Bonchev–Trinajstić information content (AvgIpc) is 2.67. The van der Waals surface area contributed by atoms with Crippen molar-refractivity contribution in [1.29, 1.82) is 0 Å². The first kappa shape index (κ1) is 19.3. The summed E-state index contributed by atoms with van der Waals surface area (Å²) in [5.74, 6) is 0.0938. The molecule has 0 saturated carbocycles. The maximum atomic E-state index is 13.2. The molecule has 3 nitrogen and oxygen atoms in total. The van der Waals surface area contributed by atoms with Gasteiger partial charge in [0.2, 0.25) is 5.91 Å². The summed E-state index contributed by atoms with van der Waals surface area (Å²) < 4.78 is 13.2. The minimum atomic E-state index is -0.225. The zero-order valence-electron chi connectivity index (χ0n) is 15.8. The lowest BCUT2D eigenvalue weighted by atomic mass is 9.83. The number of nitrogens with zero attached hydrogens (tertiary/aromatic N) is 1. The molecule has 0 radical (unpaired) electrons. The lowest BCUT2D eigenvalue weighted by Crippen LogP contribution is -2.45. The van der Waals surface area contributed by atoms with Crippen LogP contribution in [0.15, 0.2) is 61.2 Å². The van der Waals surface area contributed by atoms with Gasteiger partial charge in [0.15, 0.2) is 0 Å². The Morgan fingerprint density at radius 2 is 2.04 bits per heavy atom. The molecule has 3 rings (SSSR count). The lowest BCUT2D eigenvalue weighted by molar-refractivity contribution is -0.126. The van der Waals surface area contributed by atoms with Crippen molar-refractivity contribution in [3.05, 3.63) is 83.7 Å². The SMILES string of the molecule is C=CCNC(=O)[C@@H]1C[C@H](c2cccc(C)c2)CN(Cc2ccc(F)cc2)C1. The normalized spacial score (nSPS) is 20.2. The van der Waals surface area contributed by atoms with E-state index >= 15 is 0 Å². The van der Waals surface area contributed by atoms with E-state index < -0.39 is 0 Å². The van der Waals surface area contributed by atoms with Crippen LogP contribution in [0.1, 0.15) is 29.0 Å². The van der Waals surface area contributed by atoms with E-state index in [1.165, 1.54) is 23.3 Å². The fraction of sp³-hybridized carbons (Fsp3) is 0.348. The zero-order chi connectivity index (χ0) is 19.2. The van der Waals surface area contributed by atoms with Crippen molar-refractivity contribution < 1.29 is 9.18 Å². The van der Waals surface area contributed by atoms with Crippen molar-refractivity contribution in [3.63, 3.8) is 0 Å². The number of aryl methyl sites for hydroxylation is 1. The molecular weight excluding hydrogens is 339 g/mol. The van der Waals surface area contributed by atoms with Crippen molar-refractivity contribution in [2.45, 2.75) is 25.8 Å². The van der Waals surface area contributed by atoms with Gasteiger partial charge < -0.3 is 5.32 Å². The van der Waals surface area contributed by atoms with E-state index in [4.69, 9.17) is 0 Å². The minimum absolute atomic E-state index is 0.0651. The molecule has 2 aromatic rings. The van der Waals surface area contributed by atoms with Gasteiger partial charge in [0.1, 0.15) is 5.82 Å². The van der Waals surface area contributed by atoms with Gasteiger partial charge in [-0.15, -0.1) is 6.58 Å². The number of carbonyl (C=O) groups is 1. The first-order valence-corrected chi connectivity index (χ1v) is 9.47. The highest BCUT2D eigenvalue weighted by atomic mass is 19.1. The number of likely N-dealkylation sites (tertiary alicyclic amines) is 1. The van der Waals surface area contributed by atoms with Crippen molar-refractivity contribution in [2.24, 2.45) is 5.92 Å². The molecule has 0 aliphatic carbocycles. The molecule has 0 unspecified atom stereocenters. The van der Waals surface area contributed by atoms with Gasteiger partial charge >= 0.3 is 0 Å². The number of hydrogen-bond donors (Lipinski definition) is 1. The summed E-state index contributed by atoms with van der Waals surface area (Å²) in [5, 5.41) is 2.94. The second-order valence-electron chi connectivity index (χ2n) is 7.40. The molecular formula is C23H27FN2O. The van der Waals surface area contributed by atoms with E-state index in [0.717, 1.165) is 18.5 Å². The third kappa shape index (κ3) is 5.27. The highest BCUT2D eigenvalue weighted by Crippen LogP contribution is 2.31. The third-order valence-corrected chi connectivity index (χ3v) is 5.15. The molecule has 142 valence electrons. The number of halogens is 1. The first-order valence-electron chi connectivity index (χ1n) is 9.47. The Hall–Kier alpha value is -2.46. The van der Waals surface area contributed by atoms with E-state index in [2.05, 4.69) is 48.0 Å². The molecule has 1 N–H and O–H groups in total. The summed E-state index contributed by atoms with van der Waals surface area (Å²) >= 11 is 0. The van der Waals surface area contributed by atoms with Crippen LogP contribution in [0.4, 0.5) is 4.39 Å². The average molecular weight is 366 g/mol. The van der Waals surface area contributed by atoms with Crippen molar-refractivity contribution >= 4 is 5.91 Å². The molecule has 0 spiro atoms. The van der Waals surface area contributed by atoms with Gasteiger partial charge in [0.05, 0.1) is 5.92 Å². The summed E-state index contributed by atoms with van der Waals surface area (Å²) in [4.78, 5) is 14.9. The van der Waals surface area contributed by atoms with Crippen LogP contribution in [-0.2, 0) is 11.3 Å². The van der Waals surface area contributed by atoms with Crippen LogP contribution in [-0.4, -0.2) is 30.4 Å². The molecule has 1 aliphatic heterocycles. The van der Waals surface area contributed by atoms with E-state index in [-0.39, 0.29) is 17.6 Å². The Balaban J connectivity index is 1.78.